The number of carbonyl (C=O) groups excluding carboxylic acids is 1. The predicted octanol–water partition coefficient (Wildman–Crippen LogP) is 2.51. The van der Waals surface area contributed by atoms with Crippen molar-refractivity contribution >= 4 is 22.7 Å². The maximum Gasteiger partial charge on any atom is 0.234 e. The van der Waals surface area contributed by atoms with Crippen molar-refractivity contribution in [3.8, 4) is 11.5 Å². The zero-order chi connectivity index (χ0) is 14.6. The number of nitrogens with zero attached hydrogens (tertiary/aromatic N) is 3. The first-order chi connectivity index (χ1) is 10.1. The fraction of sp³-hybridized carbons (Fsp3) is 0.200. The third kappa shape index (κ3) is 1.65. The SMILES string of the molecule is CC1(C)C(=O)Nc2cc3oc(-c4ccnnc4)nc3cc21. The van der Waals surface area contributed by atoms with Gasteiger partial charge in [-0.25, -0.2) is 4.98 Å². The van der Waals surface area contributed by atoms with Crippen molar-refractivity contribution < 1.29 is 9.21 Å². The van der Waals surface area contributed by atoms with Gasteiger partial charge in [0.25, 0.3) is 0 Å². The minimum atomic E-state index is -0.555. The average molecular weight is 280 g/mol. The Morgan fingerprint density at radius 2 is 2.10 bits per heavy atom. The van der Waals surface area contributed by atoms with Crippen LogP contribution < -0.4 is 5.32 Å². The Bertz CT molecular complexity index is 868. The lowest BCUT2D eigenvalue weighted by Crippen LogP contribution is -2.26. The molecule has 0 fully saturated rings. The normalized spacial score (nSPS) is 16.0. The summed E-state index contributed by atoms with van der Waals surface area (Å²) in [4.78, 5) is 16.4. The van der Waals surface area contributed by atoms with Gasteiger partial charge in [-0.3, -0.25) is 4.79 Å². The summed E-state index contributed by atoms with van der Waals surface area (Å²) >= 11 is 0. The Kier molecular flexibility index (Phi) is 2.22. The summed E-state index contributed by atoms with van der Waals surface area (Å²) in [5.41, 5.74) is 3.30. The van der Waals surface area contributed by atoms with Crippen LogP contribution >= 0.6 is 0 Å². The molecule has 1 aliphatic heterocycles. The van der Waals surface area contributed by atoms with E-state index in [0.717, 1.165) is 22.3 Å². The molecule has 0 radical (unpaired) electrons. The Labute approximate surface area is 120 Å². The van der Waals surface area contributed by atoms with Crippen LogP contribution in [0, 0.1) is 0 Å². The minimum Gasteiger partial charge on any atom is -0.436 e. The number of rotatable bonds is 1. The lowest BCUT2D eigenvalue weighted by Gasteiger charge is -2.14. The highest BCUT2D eigenvalue weighted by Gasteiger charge is 2.39. The van der Waals surface area contributed by atoms with Gasteiger partial charge in [0.2, 0.25) is 11.8 Å². The molecule has 3 aromatic rings. The monoisotopic (exact) mass is 280 g/mol. The van der Waals surface area contributed by atoms with E-state index in [1.165, 1.54) is 0 Å². The van der Waals surface area contributed by atoms with E-state index in [4.69, 9.17) is 4.42 Å². The molecule has 6 heteroatoms. The summed E-state index contributed by atoms with van der Waals surface area (Å²) in [5, 5.41) is 10.4. The molecule has 0 saturated carbocycles. The topological polar surface area (TPSA) is 80.9 Å². The molecule has 4 rings (SSSR count). The Morgan fingerprint density at radius 3 is 2.86 bits per heavy atom. The van der Waals surface area contributed by atoms with Gasteiger partial charge in [-0.2, -0.15) is 10.2 Å². The molecule has 21 heavy (non-hydrogen) atoms. The second kappa shape index (κ2) is 3.88. The van der Waals surface area contributed by atoms with E-state index in [0.29, 0.717) is 11.5 Å². The highest BCUT2D eigenvalue weighted by molar-refractivity contribution is 6.07. The summed E-state index contributed by atoms with van der Waals surface area (Å²) in [6.07, 6.45) is 3.19. The summed E-state index contributed by atoms with van der Waals surface area (Å²) in [7, 11) is 0. The molecule has 0 spiro atoms. The van der Waals surface area contributed by atoms with E-state index in [1.54, 1.807) is 18.5 Å². The molecule has 0 unspecified atom stereocenters. The van der Waals surface area contributed by atoms with Gasteiger partial charge in [0, 0.05) is 11.8 Å². The Hall–Kier alpha value is -2.76. The first-order valence-electron chi connectivity index (χ1n) is 6.59. The van der Waals surface area contributed by atoms with Crippen molar-refractivity contribution in [2.24, 2.45) is 0 Å². The smallest absolute Gasteiger partial charge is 0.234 e. The van der Waals surface area contributed by atoms with E-state index >= 15 is 0 Å². The highest BCUT2D eigenvalue weighted by Crippen LogP contribution is 2.40. The molecule has 1 N–H and O–H groups in total. The van der Waals surface area contributed by atoms with Crippen LogP contribution in [0.5, 0.6) is 0 Å². The van der Waals surface area contributed by atoms with Gasteiger partial charge in [0.1, 0.15) is 5.52 Å². The van der Waals surface area contributed by atoms with Crippen molar-refractivity contribution in [3.05, 3.63) is 36.2 Å². The second-order valence-electron chi connectivity index (χ2n) is 5.59. The van der Waals surface area contributed by atoms with E-state index < -0.39 is 5.41 Å². The van der Waals surface area contributed by atoms with Crippen LogP contribution in [0.25, 0.3) is 22.6 Å². The molecule has 0 atom stereocenters. The van der Waals surface area contributed by atoms with E-state index in [-0.39, 0.29) is 5.91 Å². The fourth-order valence-corrected chi connectivity index (χ4v) is 2.54. The number of oxazole rings is 1. The quantitative estimate of drug-likeness (QED) is 0.740. The van der Waals surface area contributed by atoms with Gasteiger partial charge < -0.3 is 9.73 Å². The lowest BCUT2D eigenvalue weighted by molar-refractivity contribution is -0.119. The Balaban J connectivity index is 1.90. The molecule has 1 amide bonds. The molecule has 2 aromatic heterocycles. The Morgan fingerprint density at radius 1 is 1.24 bits per heavy atom. The second-order valence-corrected chi connectivity index (χ2v) is 5.59. The molecule has 1 aromatic carbocycles. The first-order valence-corrected chi connectivity index (χ1v) is 6.59. The molecule has 1 aliphatic rings. The number of nitrogens with one attached hydrogen (secondary N) is 1. The zero-order valence-electron chi connectivity index (χ0n) is 11.5. The highest BCUT2D eigenvalue weighted by atomic mass is 16.3. The number of benzene rings is 1. The van der Waals surface area contributed by atoms with Crippen LogP contribution in [0.2, 0.25) is 0 Å². The maximum absolute atomic E-state index is 12.0. The van der Waals surface area contributed by atoms with Crippen LogP contribution in [0.1, 0.15) is 19.4 Å². The largest absolute Gasteiger partial charge is 0.436 e. The number of aromatic nitrogens is 3. The van der Waals surface area contributed by atoms with Crippen molar-refractivity contribution in [3.63, 3.8) is 0 Å². The first kappa shape index (κ1) is 12.0. The number of carbonyl (C=O) groups is 1. The molecular formula is C15H12N4O2. The van der Waals surface area contributed by atoms with Crippen LogP contribution in [0.4, 0.5) is 5.69 Å². The van der Waals surface area contributed by atoms with E-state index in [1.807, 2.05) is 26.0 Å². The van der Waals surface area contributed by atoms with Crippen LogP contribution in [0.3, 0.4) is 0 Å². The van der Waals surface area contributed by atoms with Crippen molar-refractivity contribution in [1.29, 1.82) is 0 Å². The molecular weight excluding hydrogens is 268 g/mol. The zero-order valence-corrected chi connectivity index (χ0v) is 11.5. The number of anilines is 1. The van der Waals surface area contributed by atoms with Gasteiger partial charge in [-0.15, -0.1) is 0 Å². The predicted molar refractivity (Wildman–Crippen MR) is 76.7 cm³/mol. The van der Waals surface area contributed by atoms with E-state index in [2.05, 4.69) is 20.5 Å². The number of amides is 1. The standard InChI is InChI=1S/C15H12N4O2/c1-15(2)9-5-11-12(6-10(9)19-14(15)20)21-13(18-11)8-3-4-16-17-7-8/h3-7H,1-2H3,(H,19,20). The fourth-order valence-electron chi connectivity index (χ4n) is 2.54. The third-order valence-corrected chi connectivity index (χ3v) is 3.85. The van der Waals surface area contributed by atoms with E-state index in [9.17, 15) is 4.79 Å². The number of fused-ring (bicyclic) bond motifs is 2. The van der Waals surface area contributed by atoms with Crippen LogP contribution in [-0.2, 0) is 10.2 Å². The average Bonchev–Trinajstić information content (AvgIpc) is 2.98. The van der Waals surface area contributed by atoms with Gasteiger partial charge in [-0.05, 0) is 31.5 Å². The van der Waals surface area contributed by atoms with Crippen molar-refractivity contribution in [1.82, 2.24) is 15.2 Å². The number of hydrogen-bond donors (Lipinski definition) is 1. The maximum atomic E-state index is 12.0. The third-order valence-electron chi connectivity index (χ3n) is 3.85. The molecule has 3 heterocycles. The van der Waals surface area contributed by atoms with Crippen LogP contribution in [0.15, 0.2) is 35.0 Å². The molecule has 0 bridgehead atoms. The minimum absolute atomic E-state index is 0.0105. The molecule has 6 nitrogen and oxygen atoms in total. The summed E-state index contributed by atoms with van der Waals surface area (Å²) < 4.78 is 5.75. The lowest BCUT2D eigenvalue weighted by atomic mass is 9.86. The van der Waals surface area contributed by atoms with Crippen LogP contribution in [-0.4, -0.2) is 21.1 Å². The van der Waals surface area contributed by atoms with Crippen molar-refractivity contribution in [2.75, 3.05) is 5.32 Å². The van der Waals surface area contributed by atoms with Gasteiger partial charge in [0.15, 0.2) is 5.58 Å². The van der Waals surface area contributed by atoms with Crippen molar-refractivity contribution in [2.45, 2.75) is 19.3 Å². The summed E-state index contributed by atoms with van der Waals surface area (Å²) in [6.45, 7) is 3.79. The summed E-state index contributed by atoms with van der Waals surface area (Å²) in [6, 6.07) is 5.52. The molecule has 104 valence electrons. The van der Waals surface area contributed by atoms with Gasteiger partial charge >= 0.3 is 0 Å². The summed E-state index contributed by atoms with van der Waals surface area (Å²) in [5.74, 6) is 0.483. The van der Waals surface area contributed by atoms with Gasteiger partial charge in [0.05, 0.1) is 23.4 Å². The van der Waals surface area contributed by atoms with Gasteiger partial charge in [-0.1, -0.05) is 0 Å². The molecule has 0 aliphatic carbocycles. The molecule has 0 saturated heterocycles. The number of hydrogen-bond acceptors (Lipinski definition) is 5.